The summed E-state index contributed by atoms with van der Waals surface area (Å²) in [6.45, 7) is 4.46. The van der Waals surface area contributed by atoms with Gasteiger partial charge in [-0.15, -0.1) is 0 Å². The number of rotatable bonds is 6. The highest BCUT2D eigenvalue weighted by molar-refractivity contribution is 6.30. The fourth-order valence-corrected chi connectivity index (χ4v) is 1.39. The van der Waals surface area contributed by atoms with E-state index in [-0.39, 0.29) is 5.82 Å². The monoisotopic (exact) mass is 231 g/mol. The zero-order valence-electron chi connectivity index (χ0n) is 8.72. The molecule has 0 aliphatic rings. The van der Waals surface area contributed by atoms with E-state index in [2.05, 4.69) is 5.32 Å². The van der Waals surface area contributed by atoms with Gasteiger partial charge in [0.25, 0.3) is 0 Å². The summed E-state index contributed by atoms with van der Waals surface area (Å²) < 4.78 is 18.4. The molecule has 0 fully saturated rings. The van der Waals surface area contributed by atoms with Gasteiger partial charge in [-0.25, -0.2) is 4.39 Å². The first kappa shape index (κ1) is 12.4. The Morgan fingerprint density at radius 3 is 3.00 bits per heavy atom. The molecule has 1 rings (SSSR count). The van der Waals surface area contributed by atoms with Gasteiger partial charge >= 0.3 is 0 Å². The number of benzene rings is 1. The van der Waals surface area contributed by atoms with Crippen LogP contribution in [-0.2, 0) is 11.3 Å². The van der Waals surface area contributed by atoms with Crippen molar-refractivity contribution < 1.29 is 9.13 Å². The number of hydrogen-bond donors (Lipinski definition) is 1. The van der Waals surface area contributed by atoms with Crippen molar-refractivity contribution in [1.82, 2.24) is 5.32 Å². The van der Waals surface area contributed by atoms with Gasteiger partial charge in [0.1, 0.15) is 5.82 Å². The number of nitrogens with one attached hydrogen (secondary N) is 1. The second kappa shape index (κ2) is 6.77. The van der Waals surface area contributed by atoms with Crippen LogP contribution in [0.5, 0.6) is 0 Å². The molecular weight excluding hydrogens is 217 g/mol. The zero-order chi connectivity index (χ0) is 11.1. The SMILES string of the molecule is CCOCCNCc1cc(Cl)ccc1F. The molecule has 0 bridgehead atoms. The molecule has 0 spiro atoms. The van der Waals surface area contributed by atoms with Gasteiger partial charge in [-0.2, -0.15) is 0 Å². The number of ether oxygens (including phenoxy) is 1. The van der Waals surface area contributed by atoms with Crippen molar-refractivity contribution in [2.45, 2.75) is 13.5 Å². The van der Waals surface area contributed by atoms with Gasteiger partial charge in [0.05, 0.1) is 6.61 Å². The summed E-state index contributed by atoms with van der Waals surface area (Å²) in [6, 6.07) is 4.55. The standard InChI is InChI=1S/C11H15ClFNO/c1-2-15-6-5-14-8-9-7-10(12)3-4-11(9)13/h3-4,7,14H,2,5-6,8H2,1H3. The Morgan fingerprint density at radius 1 is 1.47 bits per heavy atom. The van der Waals surface area contributed by atoms with Crippen molar-refractivity contribution in [3.63, 3.8) is 0 Å². The highest BCUT2D eigenvalue weighted by atomic mass is 35.5. The Labute approximate surface area is 94.4 Å². The summed E-state index contributed by atoms with van der Waals surface area (Å²) in [6.07, 6.45) is 0. The van der Waals surface area contributed by atoms with Crippen LogP contribution in [0.25, 0.3) is 0 Å². The second-order valence-electron chi connectivity index (χ2n) is 3.11. The van der Waals surface area contributed by atoms with Gasteiger partial charge in [-0.05, 0) is 25.1 Å². The molecule has 0 radical (unpaired) electrons. The van der Waals surface area contributed by atoms with E-state index in [0.717, 1.165) is 0 Å². The average molecular weight is 232 g/mol. The molecule has 0 saturated carbocycles. The maximum atomic E-state index is 13.2. The fourth-order valence-electron chi connectivity index (χ4n) is 1.19. The minimum absolute atomic E-state index is 0.233. The van der Waals surface area contributed by atoms with Crippen LogP contribution in [0.1, 0.15) is 12.5 Å². The summed E-state index contributed by atoms with van der Waals surface area (Å²) in [5.41, 5.74) is 0.582. The Hall–Kier alpha value is -0.640. The highest BCUT2D eigenvalue weighted by Gasteiger charge is 2.01. The van der Waals surface area contributed by atoms with Crippen LogP contribution in [0, 0.1) is 5.82 Å². The van der Waals surface area contributed by atoms with Crippen LogP contribution in [-0.4, -0.2) is 19.8 Å². The lowest BCUT2D eigenvalue weighted by molar-refractivity contribution is 0.149. The van der Waals surface area contributed by atoms with Gasteiger partial charge in [-0.1, -0.05) is 11.6 Å². The van der Waals surface area contributed by atoms with Crippen molar-refractivity contribution in [1.29, 1.82) is 0 Å². The molecule has 0 aliphatic carbocycles. The first-order valence-electron chi connectivity index (χ1n) is 4.96. The predicted molar refractivity (Wildman–Crippen MR) is 59.6 cm³/mol. The van der Waals surface area contributed by atoms with Crippen LogP contribution < -0.4 is 5.32 Å². The van der Waals surface area contributed by atoms with Gasteiger partial charge in [0.2, 0.25) is 0 Å². The Bertz CT molecular complexity index is 307. The van der Waals surface area contributed by atoms with E-state index in [0.29, 0.717) is 36.9 Å². The van der Waals surface area contributed by atoms with E-state index in [1.54, 1.807) is 12.1 Å². The second-order valence-corrected chi connectivity index (χ2v) is 3.55. The van der Waals surface area contributed by atoms with Crippen LogP contribution in [0.2, 0.25) is 5.02 Å². The molecule has 84 valence electrons. The van der Waals surface area contributed by atoms with E-state index >= 15 is 0 Å². The molecule has 0 heterocycles. The molecule has 0 amide bonds. The van der Waals surface area contributed by atoms with Gasteiger partial charge in [0.15, 0.2) is 0 Å². The topological polar surface area (TPSA) is 21.3 Å². The molecule has 0 aliphatic heterocycles. The zero-order valence-corrected chi connectivity index (χ0v) is 9.48. The first-order chi connectivity index (χ1) is 7.24. The molecule has 0 aromatic heterocycles. The van der Waals surface area contributed by atoms with Crippen LogP contribution in [0.3, 0.4) is 0 Å². The van der Waals surface area contributed by atoms with Crippen molar-refractivity contribution in [3.8, 4) is 0 Å². The largest absolute Gasteiger partial charge is 0.380 e. The first-order valence-corrected chi connectivity index (χ1v) is 5.34. The maximum absolute atomic E-state index is 13.2. The lowest BCUT2D eigenvalue weighted by Crippen LogP contribution is -2.19. The van der Waals surface area contributed by atoms with Gasteiger partial charge in [0, 0.05) is 30.3 Å². The minimum atomic E-state index is -0.233. The Morgan fingerprint density at radius 2 is 2.27 bits per heavy atom. The molecule has 2 nitrogen and oxygen atoms in total. The molecule has 4 heteroatoms. The van der Waals surface area contributed by atoms with E-state index in [4.69, 9.17) is 16.3 Å². The maximum Gasteiger partial charge on any atom is 0.127 e. The lowest BCUT2D eigenvalue weighted by Gasteiger charge is -2.06. The Balaban J connectivity index is 2.33. The van der Waals surface area contributed by atoms with E-state index in [9.17, 15) is 4.39 Å². The normalized spacial score (nSPS) is 10.6. The van der Waals surface area contributed by atoms with E-state index < -0.39 is 0 Å². The smallest absolute Gasteiger partial charge is 0.127 e. The molecule has 0 saturated heterocycles. The van der Waals surface area contributed by atoms with Crippen molar-refractivity contribution >= 4 is 11.6 Å². The summed E-state index contributed by atoms with van der Waals surface area (Å²) in [5, 5.41) is 3.63. The van der Waals surface area contributed by atoms with Gasteiger partial charge in [-0.3, -0.25) is 0 Å². The quantitative estimate of drug-likeness (QED) is 0.760. The third-order valence-corrected chi connectivity index (χ3v) is 2.19. The molecule has 0 atom stereocenters. The Kier molecular flexibility index (Phi) is 5.61. The van der Waals surface area contributed by atoms with E-state index in [1.807, 2.05) is 6.92 Å². The van der Waals surface area contributed by atoms with Gasteiger partial charge < -0.3 is 10.1 Å². The van der Waals surface area contributed by atoms with Crippen LogP contribution in [0.4, 0.5) is 4.39 Å². The molecule has 15 heavy (non-hydrogen) atoms. The predicted octanol–water partition coefficient (Wildman–Crippen LogP) is 2.61. The van der Waals surface area contributed by atoms with Crippen LogP contribution >= 0.6 is 11.6 Å². The van der Waals surface area contributed by atoms with Crippen molar-refractivity contribution in [3.05, 3.63) is 34.6 Å². The molecule has 1 N–H and O–H groups in total. The van der Waals surface area contributed by atoms with Crippen molar-refractivity contribution in [2.75, 3.05) is 19.8 Å². The highest BCUT2D eigenvalue weighted by Crippen LogP contribution is 2.14. The van der Waals surface area contributed by atoms with Crippen LogP contribution in [0.15, 0.2) is 18.2 Å². The number of hydrogen-bond acceptors (Lipinski definition) is 2. The summed E-state index contributed by atoms with van der Waals surface area (Å²) in [7, 11) is 0. The molecular formula is C11H15ClFNO. The summed E-state index contributed by atoms with van der Waals surface area (Å²) in [4.78, 5) is 0. The third-order valence-electron chi connectivity index (χ3n) is 1.95. The molecule has 0 unspecified atom stereocenters. The summed E-state index contributed by atoms with van der Waals surface area (Å²) in [5.74, 6) is -0.233. The van der Waals surface area contributed by atoms with Crippen molar-refractivity contribution in [2.24, 2.45) is 0 Å². The van der Waals surface area contributed by atoms with E-state index in [1.165, 1.54) is 6.07 Å². The third kappa shape index (κ3) is 4.60. The summed E-state index contributed by atoms with van der Waals surface area (Å²) >= 11 is 5.76. The fraction of sp³-hybridized carbons (Fsp3) is 0.455. The average Bonchev–Trinajstić information content (AvgIpc) is 2.23. The lowest BCUT2D eigenvalue weighted by atomic mass is 10.2. The number of halogens is 2. The minimum Gasteiger partial charge on any atom is -0.380 e. The molecule has 1 aromatic carbocycles. The molecule has 1 aromatic rings.